The lowest BCUT2D eigenvalue weighted by atomic mass is 10.1. The van der Waals surface area contributed by atoms with Crippen molar-refractivity contribution in [3.8, 4) is 5.69 Å². The van der Waals surface area contributed by atoms with E-state index in [1.807, 2.05) is 0 Å². The van der Waals surface area contributed by atoms with Gasteiger partial charge in [-0.25, -0.2) is 9.07 Å². The van der Waals surface area contributed by atoms with Crippen LogP contribution in [0.3, 0.4) is 0 Å². The molecule has 1 heterocycles. The van der Waals surface area contributed by atoms with Crippen molar-refractivity contribution in [2.45, 2.75) is 12.2 Å². The van der Waals surface area contributed by atoms with Gasteiger partial charge in [0.25, 0.3) is 0 Å². The molecule has 0 saturated carbocycles. The molecular formula is C12H13FN2O2S. The number of hydrogen-bond donors (Lipinski definition) is 3. The average molecular weight is 268 g/mol. The molecule has 2 N–H and O–H groups in total. The van der Waals surface area contributed by atoms with Crippen molar-refractivity contribution >= 4 is 12.6 Å². The Morgan fingerprint density at radius 1 is 1.39 bits per heavy atom. The zero-order valence-corrected chi connectivity index (χ0v) is 10.3. The molecule has 18 heavy (non-hydrogen) atoms. The van der Waals surface area contributed by atoms with Crippen molar-refractivity contribution in [1.82, 2.24) is 9.78 Å². The monoisotopic (exact) mass is 268 g/mol. The van der Waals surface area contributed by atoms with Crippen molar-refractivity contribution in [2.24, 2.45) is 0 Å². The molecule has 1 aromatic heterocycles. The lowest BCUT2D eigenvalue weighted by Crippen LogP contribution is -2.19. The van der Waals surface area contributed by atoms with Crippen LogP contribution in [0.5, 0.6) is 0 Å². The Morgan fingerprint density at radius 3 is 2.83 bits per heavy atom. The smallest absolute Gasteiger partial charge is 0.125 e. The molecule has 0 bridgehead atoms. The van der Waals surface area contributed by atoms with Crippen LogP contribution >= 0.6 is 12.6 Å². The Balaban J connectivity index is 2.25. The molecular weight excluding hydrogens is 255 g/mol. The van der Waals surface area contributed by atoms with Crippen LogP contribution in [0.4, 0.5) is 4.39 Å². The van der Waals surface area contributed by atoms with Crippen LogP contribution in [0.25, 0.3) is 5.69 Å². The predicted octanol–water partition coefficient (Wildman–Crippen LogP) is 1.34. The minimum absolute atomic E-state index is 0.145. The number of aliphatic hydroxyl groups is 2. The minimum Gasteiger partial charge on any atom is -0.389 e. The second-order valence-electron chi connectivity index (χ2n) is 3.89. The molecule has 96 valence electrons. The fourth-order valence-electron chi connectivity index (χ4n) is 1.57. The highest BCUT2D eigenvalue weighted by Crippen LogP contribution is 2.18. The first-order chi connectivity index (χ1) is 8.61. The second-order valence-corrected chi connectivity index (χ2v) is 4.26. The maximum Gasteiger partial charge on any atom is 0.125 e. The molecule has 2 aromatic rings. The molecule has 2 rings (SSSR count). The van der Waals surface area contributed by atoms with E-state index in [0.717, 1.165) is 0 Å². The lowest BCUT2D eigenvalue weighted by molar-refractivity contribution is 0.0337. The normalized spacial score (nSPS) is 14.4. The fourth-order valence-corrected chi connectivity index (χ4v) is 1.77. The molecule has 0 fully saturated rings. The van der Waals surface area contributed by atoms with Crippen LogP contribution in [-0.4, -0.2) is 31.9 Å². The van der Waals surface area contributed by atoms with E-state index in [0.29, 0.717) is 11.3 Å². The first kappa shape index (κ1) is 13.1. The summed E-state index contributed by atoms with van der Waals surface area (Å²) >= 11 is 3.91. The van der Waals surface area contributed by atoms with Crippen LogP contribution in [0, 0.1) is 5.82 Å². The van der Waals surface area contributed by atoms with Gasteiger partial charge in [-0.15, -0.1) is 0 Å². The van der Waals surface area contributed by atoms with E-state index in [-0.39, 0.29) is 11.6 Å². The fraction of sp³-hybridized carbons (Fsp3) is 0.250. The van der Waals surface area contributed by atoms with Crippen molar-refractivity contribution in [3.05, 3.63) is 48.0 Å². The molecule has 1 aromatic carbocycles. The zero-order valence-electron chi connectivity index (χ0n) is 9.44. The average Bonchev–Trinajstić information content (AvgIpc) is 2.86. The van der Waals surface area contributed by atoms with Gasteiger partial charge in [0.05, 0.1) is 18.0 Å². The van der Waals surface area contributed by atoms with Gasteiger partial charge in [0.15, 0.2) is 0 Å². The van der Waals surface area contributed by atoms with Crippen LogP contribution in [-0.2, 0) is 0 Å². The molecule has 0 aliphatic carbocycles. The standard InChI is InChI=1S/C12H13FN2O2S/c13-9-2-1-3-10(4-9)15-6-8(5-14-15)12(17)11(16)7-18/h1-6,11-12,16-18H,7H2. The molecule has 0 spiro atoms. The number of thiol groups is 1. The number of halogens is 1. The molecule has 0 aliphatic rings. The van der Waals surface area contributed by atoms with E-state index in [1.165, 1.54) is 23.0 Å². The topological polar surface area (TPSA) is 58.3 Å². The Kier molecular flexibility index (Phi) is 4.00. The van der Waals surface area contributed by atoms with Crippen LogP contribution in [0.15, 0.2) is 36.7 Å². The number of benzene rings is 1. The summed E-state index contributed by atoms with van der Waals surface area (Å²) in [6.45, 7) is 0. The number of hydrogen-bond acceptors (Lipinski definition) is 4. The predicted molar refractivity (Wildman–Crippen MR) is 68.3 cm³/mol. The van der Waals surface area contributed by atoms with Crippen LogP contribution in [0.1, 0.15) is 11.7 Å². The van der Waals surface area contributed by atoms with Gasteiger partial charge in [0.2, 0.25) is 0 Å². The number of rotatable bonds is 4. The molecule has 0 aliphatic heterocycles. The maximum atomic E-state index is 13.1. The lowest BCUT2D eigenvalue weighted by Gasteiger charge is -2.13. The summed E-state index contributed by atoms with van der Waals surface area (Å²) in [5.41, 5.74) is 1.01. The molecule has 0 amide bonds. The third kappa shape index (κ3) is 2.72. The molecule has 2 atom stereocenters. The molecule has 0 radical (unpaired) electrons. The summed E-state index contributed by atoms with van der Waals surface area (Å²) in [4.78, 5) is 0. The summed E-state index contributed by atoms with van der Waals surface area (Å²) in [5.74, 6) is -0.216. The number of nitrogens with zero attached hydrogens (tertiary/aromatic N) is 2. The molecule has 4 nitrogen and oxygen atoms in total. The SMILES string of the molecule is OC(CS)C(O)c1cnn(-c2cccc(F)c2)c1. The summed E-state index contributed by atoms with van der Waals surface area (Å²) in [6, 6.07) is 5.94. The summed E-state index contributed by atoms with van der Waals surface area (Å²) < 4.78 is 14.5. The minimum atomic E-state index is -1.05. The Hall–Kier alpha value is -1.37. The first-order valence-corrected chi connectivity index (χ1v) is 6.02. The summed E-state index contributed by atoms with van der Waals surface area (Å²) in [7, 11) is 0. The third-order valence-corrected chi connectivity index (χ3v) is 2.94. The van der Waals surface area contributed by atoms with E-state index in [4.69, 9.17) is 0 Å². The molecule has 2 unspecified atom stereocenters. The highest BCUT2D eigenvalue weighted by atomic mass is 32.1. The van der Waals surface area contributed by atoms with Gasteiger partial charge in [0.1, 0.15) is 11.9 Å². The Morgan fingerprint density at radius 2 is 2.17 bits per heavy atom. The molecule has 0 saturated heterocycles. The van der Waals surface area contributed by atoms with Crippen molar-refractivity contribution < 1.29 is 14.6 Å². The summed E-state index contributed by atoms with van der Waals surface area (Å²) in [5, 5.41) is 23.3. The first-order valence-electron chi connectivity index (χ1n) is 5.39. The van der Waals surface area contributed by atoms with Gasteiger partial charge >= 0.3 is 0 Å². The van der Waals surface area contributed by atoms with Crippen LogP contribution < -0.4 is 0 Å². The van der Waals surface area contributed by atoms with Gasteiger partial charge in [-0.05, 0) is 18.2 Å². The van der Waals surface area contributed by atoms with E-state index in [2.05, 4.69) is 17.7 Å². The number of aliphatic hydroxyl groups excluding tert-OH is 2. The van der Waals surface area contributed by atoms with Crippen molar-refractivity contribution in [2.75, 3.05) is 5.75 Å². The van der Waals surface area contributed by atoms with Gasteiger partial charge in [0, 0.05) is 17.5 Å². The van der Waals surface area contributed by atoms with E-state index in [1.54, 1.807) is 18.3 Å². The van der Waals surface area contributed by atoms with Crippen molar-refractivity contribution in [3.63, 3.8) is 0 Å². The quantitative estimate of drug-likeness (QED) is 0.733. The van der Waals surface area contributed by atoms with Gasteiger partial charge in [-0.3, -0.25) is 0 Å². The van der Waals surface area contributed by atoms with Gasteiger partial charge < -0.3 is 10.2 Å². The van der Waals surface area contributed by atoms with Gasteiger partial charge in [-0.2, -0.15) is 17.7 Å². The Labute approximate surface area is 109 Å². The Bertz CT molecular complexity index is 532. The third-order valence-electron chi connectivity index (χ3n) is 2.57. The maximum absolute atomic E-state index is 13.1. The van der Waals surface area contributed by atoms with Crippen molar-refractivity contribution in [1.29, 1.82) is 0 Å². The second kappa shape index (κ2) is 5.51. The number of aromatic nitrogens is 2. The largest absolute Gasteiger partial charge is 0.389 e. The zero-order chi connectivity index (χ0) is 13.1. The van der Waals surface area contributed by atoms with Gasteiger partial charge in [-0.1, -0.05) is 6.07 Å². The summed E-state index contributed by atoms with van der Waals surface area (Å²) in [6.07, 6.45) is 0.970. The van der Waals surface area contributed by atoms with Crippen LogP contribution in [0.2, 0.25) is 0 Å². The van der Waals surface area contributed by atoms with E-state index >= 15 is 0 Å². The highest BCUT2D eigenvalue weighted by Gasteiger charge is 2.18. The van der Waals surface area contributed by atoms with E-state index < -0.39 is 12.2 Å². The van der Waals surface area contributed by atoms with E-state index in [9.17, 15) is 14.6 Å². The molecule has 6 heteroatoms. The highest BCUT2D eigenvalue weighted by molar-refractivity contribution is 7.80.